The second-order valence-corrected chi connectivity index (χ2v) is 9.51. The van der Waals surface area contributed by atoms with Crippen molar-refractivity contribution in [2.45, 2.75) is 18.9 Å². The summed E-state index contributed by atoms with van der Waals surface area (Å²) in [6.45, 7) is -0.0252. The van der Waals surface area contributed by atoms with Gasteiger partial charge in [-0.1, -0.05) is 60.7 Å². The Bertz CT molecular complexity index is 1680. The first-order valence-electron chi connectivity index (χ1n) is 12.6. The second-order valence-electron chi connectivity index (χ2n) is 9.51. The standard InChI is InChI=1S/C32H21F6NO3/c1-42-30(41)21-11-7-8-19(14-21)18-39-26-13-6-5-12-25(26)28(29(39)40)27(20-9-3-2-4-10-20)22-15-23(31(33,34)35)17-24(16-22)32(36,37)38/h2-17H,18H2,1H3. The van der Waals surface area contributed by atoms with Crippen molar-refractivity contribution >= 4 is 28.7 Å². The van der Waals surface area contributed by atoms with Crippen molar-refractivity contribution < 1.29 is 40.7 Å². The molecule has 4 aromatic rings. The lowest BCUT2D eigenvalue weighted by atomic mass is 9.88. The highest BCUT2D eigenvalue weighted by atomic mass is 19.4. The molecule has 0 aromatic heterocycles. The normalized spacial score (nSPS) is 14.5. The van der Waals surface area contributed by atoms with Gasteiger partial charge in [0.2, 0.25) is 0 Å². The van der Waals surface area contributed by atoms with Crippen LogP contribution in [-0.4, -0.2) is 19.0 Å². The number of benzene rings is 4. The predicted molar refractivity (Wildman–Crippen MR) is 144 cm³/mol. The second kappa shape index (κ2) is 10.8. The first kappa shape index (κ1) is 28.7. The van der Waals surface area contributed by atoms with Crippen molar-refractivity contribution in [2.24, 2.45) is 0 Å². The van der Waals surface area contributed by atoms with Crippen molar-refractivity contribution in [3.05, 3.63) is 136 Å². The molecule has 1 heterocycles. The lowest BCUT2D eigenvalue weighted by molar-refractivity contribution is -0.143. The van der Waals surface area contributed by atoms with E-state index in [2.05, 4.69) is 0 Å². The number of halogens is 6. The zero-order valence-corrected chi connectivity index (χ0v) is 21.9. The van der Waals surface area contributed by atoms with Crippen LogP contribution >= 0.6 is 0 Å². The molecular weight excluding hydrogens is 560 g/mol. The quantitative estimate of drug-likeness (QED) is 0.136. The molecule has 0 bridgehead atoms. The third-order valence-electron chi connectivity index (χ3n) is 6.80. The van der Waals surface area contributed by atoms with Gasteiger partial charge < -0.3 is 9.64 Å². The molecule has 1 aliphatic heterocycles. The molecule has 0 saturated carbocycles. The molecule has 214 valence electrons. The number of fused-ring (bicyclic) bond motifs is 1. The molecule has 0 radical (unpaired) electrons. The van der Waals surface area contributed by atoms with E-state index in [0.29, 0.717) is 28.9 Å². The number of para-hydroxylation sites is 1. The minimum atomic E-state index is -5.07. The van der Waals surface area contributed by atoms with E-state index in [0.717, 1.165) is 0 Å². The van der Waals surface area contributed by atoms with Gasteiger partial charge >= 0.3 is 18.3 Å². The molecule has 4 nitrogen and oxygen atoms in total. The van der Waals surface area contributed by atoms with Gasteiger partial charge in [0.1, 0.15) is 0 Å². The van der Waals surface area contributed by atoms with Crippen molar-refractivity contribution in [3.63, 3.8) is 0 Å². The molecule has 1 aliphatic rings. The van der Waals surface area contributed by atoms with Gasteiger partial charge in [0, 0.05) is 11.1 Å². The van der Waals surface area contributed by atoms with Crippen LogP contribution in [0.3, 0.4) is 0 Å². The summed E-state index contributed by atoms with van der Waals surface area (Å²) in [6.07, 6.45) is -10.1. The fourth-order valence-corrected chi connectivity index (χ4v) is 4.94. The molecule has 0 N–H and O–H groups in total. The first-order chi connectivity index (χ1) is 19.9. The first-order valence-corrected chi connectivity index (χ1v) is 12.6. The van der Waals surface area contributed by atoms with Crippen LogP contribution in [0.15, 0.2) is 97.1 Å². The van der Waals surface area contributed by atoms with Crippen LogP contribution < -0.4 is 4.90 Å². The number of nitrogens with zero attached hydrogens (tertiary/aromatic N) is 1. The Labute approximate surface area is 236 Å². The topological polar surface area (TPSA) is 46.6 Å². The van der Waals surface area contributed by atoms with Gasteiger partial charge in [0.05, 0.1) is 41.6 Å². The number of methoxy groups -OCH3 is 1. The summed E-state index contributed by atoms with van der Waals surface area (Å²) in [5, 5.41) is 0. The van der Waals surface area contributed by atoms with E-state index in [1.54, 1.807) is 66.7 Å². The number of amides is 1. The lowest BCUT2D eigenvalue weighted by Gasteiger charge is -2.19. The smallest absolute Gasteiger partial charge is 0.416 e. The summed E-state index contributed by atoms with van der Waals surface area (Å²) in [6, 6.07) is 22.1. The lowest BCUT2D eigenvalue weighted by Crippen LogP contribution is -2.26. The van der Waals surface area contributed by atoms with E-state index in [-0.39, 0.29) is 34.9 Å². The molecule has 5 rings (SSSR count). The highest BCUT2D eigenvalue weighted by Crippen LogP contribution is 2.45. The summed E-state index contributed by atoms with van der Waals surface area (Å²) in [7, 11) is 1.23. The number of hydrogen-bond donors (Lipinski definition) is 0. The Hall–Kier alpha value is -4.86. The van der Waals surface area contributed by atoms with Crippen molar-refractivity contribution in [1.82, 2.24) is 0 Å². The Morgan fingerprint density at radius 3 is 1.93 bits per heavy atom. The molecule has 42 heavy (non-hydrogen) atoms. The predicted octanol–water partition coefficient (Wildman–Crippen LogP) is 8.02. The average Bonchev–Trinajstić information content (AvgIpc) is 3.23. The van der Waals surface area contributed by atoms with Gasteiger partial charge in [0.15, 0.2) is 0 Å². The summed E-state index contributed by atoms with van der Waals surface area (Å²) in [5.74, 6) is -1.20. The van der Waals surface area contributed by atoms with Crippen LogP contribution in [0.4, 0.5) is 32.0 Å². The highest BCUT2D eigenvalue weighted by Gasteiger charge is 2.39. The van der Waals surface area contributed by atoms with E-state index in [1.807, 2.05) is 0 Å². The molecular formula is C32H21F6NO3. The molecule has 0 spiro atoms. The molecule has 0 fully saturated rings. The average molecular weight is 582 g/mol. The molecule has 10 heteroatoms. The van der Waals surface area contributed by atoms with Crippen LogP contribution in [0.2, 0.25) is 0 Å². The molecule has 0 atom stereocenters. The molecule has 0 aliphatic carbocycles. The van der Waals surface area contributed by atoms with Gasteiger partial charge in [-0.2, -0.15) is 26.3 Å². The highest BCUT2D eigenvalue weighted by molar-refractivity contribution is 6.38. The Kier molecular flexibility index (Phi) is 7.40. The van der Waals surface area contributed by atoms with Gasteiger partial charge in [-0.3, -0.25) is 4.79 Å². The number of alkyl halides is 6. The van der Waals surface area contributed by atoms with Crippen LogP contribution in [0.1, 0.15) is 43.7 Å². The van der Waals surface area contributed by atoms with Crippen LogP contribution in [-0.2, 0) is 28.4 Å². The summed E-state index contributed by atoms with van der Waals surface area (Å²) in [5.41, 5.74) is -1.68. The largest absolute Gasteiger partial charge is 0.465 e. The zero-order valence-electron chi connectivity index (χ0n) is 21.9. The number of ether oxygens (including phenoxy) is 1. The molecule has 1 amide bonds. The van der Waals surface area contributed by atoms with Crippen molar-refractivity contribution in [2.75, 3.05) is 12.0 Å². The van der Waals surface area contributed by atoms with Gasteiger partial charge in [-0.25, -0.2) is 4.79 Å². The maximum absolute atomic E-state index is 14.1. The van der Waals surface area contributed by atoms with E-state index in [9.17, 15) is 35.9 Å². The molecule has 4 aromatic carbocycles. The molecule has 0 saturated heterocycles. The zero-order chi connectivity index (χ0) is 30.2. The monoisotopic (exact) mass is 581 g/mol. The summed E-state index contributed by atoms with van der Waals surface area (Å²) >= 11 is 0. The van der Waals surface area contributed by atoms with E-state index >= 15 is 0 Å². The number of rotatable bonds is 5. The Morgan fingerprint density at radius 2 is 1.31 bits per heavy atom. The SMILES string of the molecule is COC(=O)c1cccc(CN2C(=O)C(=C(c3ccccc3)c3cc(C(F)(F)F)cc(C(F)(F)F)c3)c3ccccc32)c1. The Morgan fingerprint density at radius 1 is 0.714 bits per heavy atom. The minimum Gasteiger partial charge on any atom is -0.465 e. The van der Waals surface area contributed by atoms with Crippen molar-refractivity contribution in [3.8, 4) is 0 Å². The van der Waals surface area contributed by atoms with Crippen LogP contribution in [0.25, 0.3) is 11.1 Å². The Balaban J connectivity index is 1.75. The number of esters is 1. The number of anilines is 1. The van der Waals surface area contributed by atoms with E-state index < -0.39 is 40.9 Å². The van der Waals surface area contributed by atoms with Gasteiger partial charge in [-0.15, -0.1) is 0 Å². The maximum Gasteiger partial charge on any atom is 0.416 e. The maximum atomic E-state index is 14.1. The van der Waals surface area contributed by atoms with Crippen LogP contribution in [0, 0.1) is 0 Å². The summed E-state index contributed by atoms with van der Waals surface area (Å²) in [4.78, 5) is 27.5. The fraction of sp³-hybridized carbons (Fsp3) is 0.125. The van der Waals surface area contributed by atoms with Crippen molar-refractivity contribution in [1.29, 1.82) is 0 Å². The fourth-order valence-electron chi connectivity index (χ4n) is 4.94. The van der Waals surface area contributed by atoms with E-state index in [4.69, 9.17) is 4.74 Å². The summed E-state index contributed by atoms with van der Waals surface area (Å²) < 4.78 is 87.7. The third kappa shape index (κ3) is 5.52. The van der Waals surface area contributed by atoms with Crippen LogP contribution in [0.5, 0.6) is 0 Å². The number of carbonyl (C=O) groups excluding carboxylic acids is 2. The van der Waals surface area contributed by atoms with E-state index in [1.165, 1.54) is 24.1 Å². The van der Waals surface area contributed by atoms with Gasteiger partial charge in [0.25, 0.3) is 5.91 Å². The third-order valence-corrected chi connectivity index (χ3v) is 6.80. The van der Waals surface area contributed by atoms with Gasteiger partial charge in [-0.05, 0) is 53.1 Å². The molecule has 0 unspecified atom stereocenters. The number of hydrogen-bond acceptors (Lipinski definition) is 3. The number of carbonyl (C=O) groups is 2. The minimum absolute atomic E-state index is 0.0252.